The van der Waals surface area contributed by atoms with Gasteiger partial charge in [0.15, 0.2) is 0 Å². The molecule has 0 saturated carbocycles. The molecule has 3 nitrogen and oxygen atoms in total. The molecular weight excluding hydrogens is 202 g/mol. The molecule has 0 bridgehead atoms. The van der Waals surface area contributed by atoms with E-state index in [0.29, 0.717) is 13.2 Å². The fourth-order valence-corrected chi connectivity index (χ4v) is 2.27. The SMILES string of the molecule is COCc1cc2c(nc1COC)CCCC2. The fourth-order valence-electron chi connectivity index (χ4n) is 2.27. The number of nitrogens with zero attached hydrogens (tertiary/aromatic N) is 1. The quantitative estimate of drug-likeness (QED) is 0.781. The second kappa shape index (κ2) is 5.41. The van der Waals surface area contributed by atoms with Crippen molar-refractivity contribution in [1.29, 1.82) is 0 Å². The molecule has 0 amide bonds. The lowest BCUT2D eigenvalue weighted by molar-refractivity contribution is 0.165. The standard InChI is InChI=1S/C13H19NO2/c1-15-8-11-7-10-5-3-4-6-12(10)14-13(11)9-16-2/h7H,3-6,8-9H2,1-2H3. The number of pyridine rings is 1. The van der Waals surface area contributed by atoms with Crippen molar-refractivity contribution in [2.24, 2.45) is 0 Å². The third-order valence-corrected chi connectivity index (χ3v) is 3.05. The summed E-state index contributed by atoms with van der Waals surface area (Å²) >= 11 is 0. The highest BCUT2D eigenvalue weighted by atomic mass is 16.5. The molecule has 0 unspecified atom stereocenters. The first-order chi connectivity index (χ1) is 7.85. The Kier molecular flexibility index (Phi) is 3.91. The molecule has 1 heterocycles. The van der Waals surface area contributed by atoms with Crippen LogP contribution >= 0.6 is 0 Å². The van der Waals surface area contributed by atoms with Crippen LogP contribution in [0.5, 0.6) is 0 Å². The number of ether oxygens (including phenoxy) is 2. The van der Waals surface area contributed by atoms with Crippen LogP contribution in [-0.4, -0.2) is 19.2 Å². The van der Waals surface area contributed by atoms with Gasteiger partial charge in [-0.05, 0) is 37.3 Å². The zero-order valence-electron chi connectivity index (χ0n) is 10.1. The number of aryl methyl sites for hydroxylation is 2. The predicted molar refractivity (Wildman–Crippen MR) is 62.3 cm³/mol. The highest BCUT2D eigenvalue weighted by Crippen LogP contribution is 2.23. The van der Waals surface area contributed by atoms with Crippen molar-refractivity contribution < 1.29 is 9.47 Å². The van der Waals surface area contributed by atoms with Crippen molar-refractivity contribution in [2.45, 2.75) is 38.9 Å². The lowest BCUT2D eigenvalue weighted by Gasteiger charge is -2.18. The number of fused-ring (bicyclic) bond motifs is 1. The molecule has 0 N–H and O–H groups in total. The number of hydrogen-bond donors (Lipinski definition) is 0. The number of methoxy groups -OCH3 is 2. The third-order valence-electron chi connectivity index (χ3n) is 3.05. The van der Waals surface area contributed by atoms with Gasteiger partial charge in [-0.1, -0.05) is 0 Å². The van der Waals surface area contributed by atoms with E-state index in [2.05, 4.69) is 6.07 Å². The van der Waals surface area contributed by atoms with Crippen LogP contribution < -0.4 is 0 Å². The van der Waals surface area contributed by atoms with Gasteiger partial charge in [0.2, 0.25) is 0 Å². The van der Waals surface area contributed by atoms with Crippen molar-refractivity contribution in [3.63, 3.8) is 0 Å². The van der Waals surface area contributed by atoms with Gasteiger partial charge in [0, 0.05) is 25.5 Å². The lowest BCUT2D eigenvalue weighted by atomic mass is 9.94. The van der Waals surface area contributed by atoms with Crippen molar-refractivity contribution in [2.75, 3.05) is 14.2 Å². The van der Waals surface area contributed by atoms with Gasteiger partial charge in [0.05, 0.1) is 18.9 Å². The van der Waals surface area contributed by atoms with E-state index in [0.717, 1.165) is 18.5 Å². The first kappa shape index (κ1) is 11.6. The normalized spacial score (nSPS) is 14.9. The maximum absolute atomic E-state index is 5.21. The summed E-state index contributed by atoms with van der Waals surface area (Å²) in [7, 11) is 3.42. The van der Waals surface area contributed by atoms with E-state index in [9.17, 15) is 0 Å². The van der Waals surface area contributed by atoms with Crippen LogP contribution in [0.15, 0.2) is 6.07 Å². The van der Waals surface area contributed by atoms with Gasteiger partial charge in [-0.15, -0.1) is 0 Å². The Labute approximate surface area is 96.8 Å². The van der Waals surface area contributed by atoms with Crippen molar-refractivity contribution in [1.82, 2.24) is 4.98 Å². The molecule has 1 aliphatic rings. The predicted octanol–water partition coefficient (Wildman–Crippen LogP) is 2.25. The molecule has 3 heteroatoms. The zero-order valence-corrected chi connectivity index (χ0v) is 10.1. The summed E-state index contributed by atoms with van der Waals surface area (Å²) in [6.45, 7) is 1.20. The molecule has 0 aliphatic heterocycles. The maximum atomic E-state index is 5.21. The summed E-state index contributed by atoms with van der Waals surface area (Å²) < 4.78 is 10.4. The van der Waals surface area contributed by atoms with Gasteiger partial charge in [-0.25, -0.2) is 0 Å². The van der Waals surface area contributed by atoms with Gasteiger partial charge in [-0.3, -0.25) is 4.98 Å². The van der Waals surface area contributed by atoms with Gasteiger partial charge < -0.3 is 9.47 Å². The van der Waals surface area contributed by atoms with Crippen LogP contribution in [0.1, 0.15) is 35.4 Å². The van der Waals surface area contributed by atoms with Gasteiger partial charge >= 0.3 is 0 Å². The molecule has 0 atom stereocenters. The van der Waals surface area contributed by atoms with Gasteiger partial charge in [-0.2, -0.15) is 0 Å². The molecule has 0 fully saturated rings. The van der Waals surface area contributed by atoms with E-state index in [-0.39, 0.29) is 0 Å². The van der Waals surface area contributed by atoms with Crippen LogP contribution in [-0.2, 0) is 35.5 Å². The first-order valence-electron chi connectivity index (χ1n) is 5.83. The first-order valence-corrected chi connectivity index (χ1v) is 5.83. The molecule has 1 aromatic heterocycles. The maximum Gasteiger partial charge on any atom is 0.0887 e. The van der Waals surface area contributed by atoms with Crippen LogP contribution in [0.3, 0.4) is 0 Å². The number of hydrogen-bond acceptors (Lipinski definition) is 3. The Morgan fingerprint density at radius 1 is 1.12 bits per heavy atom. The summed E-state index contributed by atoms with van der Waals surface area (Å²) in [4.78, 5) is 4.72. The second-order valence-electron chi connectivity index (χ2n) is 4.27. The Morgan fingerprint density at radius 2 is 1.88 bits per heavy atom. The largest absolute Gasteiger partial charge is 0.380 e. The molecule has 0 spiro atoms. The smallest absolute Gasteiger partial charge is 0.0887 e. The van der Waals surface area contributed by atoms with Crippen molar-refractivity contribution in [3.8, 4) is 0 Å². The van der Waals surface area contributed by atoms with Gasteiger partial charge in [0.1, 0.15) is 0 Å². The molecule has 1 aliphatic carbocycles. The van der Waals surface area contributed by atoms with E-state index < -0.39 is 0 Å². The molecule has 0 saturated heterocycles. The van der Waals surface area contributed by atoms with Gasteiger partial charge in [0.25, 0.3) is 0 Å². The molecule has 2 rings (SSSR count). The third kappa shape index (κ3) is 2.42. The molecule has 1 aromatic rings. The van der Waals surface area contributed by atoms with Crippen LogP contribution in [0.4, 0.5) is 0 Å². The minimum Gasteiger partial charge on any atom is -0.380 e. The summed E-state index contributed by atoms with van der Waals surface area (Å²) in [6, 6.07) is 2.25. The monoisotopic (exact) mass is 221 g/mol. The fraction of sp³-hybridized carbons (Fsp3) is 0.615. The Balaban J connectivity index is 2.33. The summed E-state index contributed by atoms with van der Waals surface area (Å²) in [5, 5.41) is 0. The molecular formula is C13H19NO2. The minimum absolute atomic E-state index is 0.575. The molecule has 0 aromatic carbocycles. The highest BCUT2D eigenvalue weighted by Gasteiger charge is 2.14. The summed E-state index contributed by atoms with van der Waals surface area (Å²) in [6.07, 6.45) is 4.81. The topological polar surface area (TPSA) is 31.4 Å². The Morgan fingerprint density at radius 3 is 2.62 bits per heavy atom. The molecule has 0 radical (unpaired) electrons. The van der Waals surface area contributed by atoms with Crippen LogP contribution in [0.25, 0.3) is 0 Å². The summed E-state index contributed by atoms with van der Waals surface area (Å²) in [5.74, 6) is 0. The second-order valence-corrected chi connectivity index (χ2v) is 4.27. The van der Waals surface area contributed by atoms with Crippen molar-refractivity contribution in [3.05, 3.63) is 28.6 Å². The van der Waals surface area contributed by atoms with Crippen molar-refractivity contribution >= 4 is 0 Å². The van der Waals surface area contributed by atoms with E-state index >= 15 is 0 Å². The Bertz CT molecular complexity index is 328. The summed E-state index contributed by atoms with van der Waals surface area (Å²) in [5.41, 5.74) is 4.87. The minimum atomic E-state index is 0.575. The molecule has 88 valence electrons. The van der Waals surface area contributed by atoms with Crippen LogP contribution in [0, 0.1) is 0 Å². The Hall–Kier alpha value is -0.930. The molecule has 16 heavy (non-hydrogen) atoms. The van der Waals surface area contributed by atoms with E-state index in [4.69, 9.17) is 14.5 Å². The van der Waals surface area contributed by atoms with Crippen LogP contribution in [0.2, 0.25) is 0 Å². The average Bonchev–Trinajstić information content (AvgIpc) is 2.30. The van der Waals surface area contributed by atoms with E-state index in [1.165, 1.54) is 29.7 Å². The average molecular weight is 221 g/mol. The number of aromatic nitrogens is 1. The zero-order chi connectivity index (χ0) is 11.4. The van der Waals surface area contributed by atoms with E-state index in [1.807, 2.05) is 0 Å². The lowest BCUT2D eigenvalue weighted by Crippen LogP contribution is -2.11. The highest BCUT2D eigenvalue weighted by molar-refractivity contribution is 5.31. The van der Waals surface area contributed by atoms with E-state index in [1.54, 1.807) is 14.2 Å². The number of rotatable bonds is 4.